The Balaban J connectivity index is 1.38. The highest BCUT2D eigenvalue weighted by Crippen LogP contribution is 2.11. The van der Waals surface area contributed by atoms with Gasteiger partial charge in [0.2, 0.25) is 5.95 Å². The number of hydrogen-bond donors (Lipinski definition) is 1. The number of nitrogens with one attached hydrogen (secondary N) is 1. The average Bonchev–Trinajstić information content (AvgIpc) is 3.39. The minimum absolute atomic E-state index is 0.219. The van der Waals surface area contributed by atoms with Gasteiger partial charge in [-0.05, 0) is 43.7 Å². The summed E-state index contributed by atoms with van der Waals surface area (Å²) >= 11 is 5.90. The molecule has 0 radical (unpaired) electrons. The molecule has 0 saturated carbocycles. The maximum atomic E-state index is 12.4. The van der Waals surface area contributed by atoms with Gasteiger partial charge >= 0.3 is 0 Å². The molecule has 0 fully saturated rings. The first-order valence-electron chi connectivity index (χ1n) is 8.96. The highest BCUT2D eigenvalue weighted by Gasteiger charge is 2.13. The Morgan fingerprint density at radius 3 is 2.59 bits per heavy atom. The summed E-state index contributed by atoms with van der Waals surface area (Å²) in [4.78, 5) is 16.6. The lowest BCUT2D eigenvalue weighted by Gasteiger charge is -2.04. The summed E-state index contributed by atoms with van der Waals surface area (Å²) < 4.78 is 5.12. The highest BCUT2D eigenvalue weighted by molar-refractivity contribution is 6.30. The minimum atomic E-state index is -0.374. The van der Waals surface area contributed by atoms with Gasteiger partial charge in [0.25, 0.3) is 5.91 Å². The third-order valence-electron chi connectivity index (χ3n) is 4.28. The van der Waals surface area contributed by atoms with Crippen LogP contribution in [-0.2, 0) is 13.2 Å². The number of aromatic nitrogens is 7. The third kappa shape index (κ3) is 4.52. The van der Waals surface area contributed by atoms with E-state index in [1.807, 2.05) is 48.9 Å². The molecule has 148 valence electrons. The van der Waals surface area contributed by atoms with Gasteiger partial charge in [-0.1, -0.05) is 23.7 Å². The van der Waals surface area contributed by atoms with E-state index in [1.54, 1.807) is 28.0 Å². The molecule has 4 rings (SSSR count). The lowest BCUT2D eigenvalue weighted by Crippen LogP contribution is -2.16. The molecule has 29 heavy (non-hydrogen) atoms. The molecule has 0 aliphatic heterocycles. The van der Waals surface area contributed by atoms with E-state index < -0.39 is 0 Å². The van der Waals surface area contributed by atoms with Crippen molar-refractivity contribution in [2.45, 2.75) is 27.1 Å². The number of anilines is 1. The second kappa shape index (κ2) is 7.88. The Bertz CT molecular complexity index is 1140. The van der Waals surface area contributed by atoms with Crippen molar-refractivity contribution in [2.24, 2.45) is 0 Å². The van der Waals surface area contributed by atoms with Gasteiger partial charge in [0.15, 0.2) is 5.69 Å². The van der Waals surface area contributed by atoms with Crippen molar-refractivity contribution >= 4 is 23.5 Å². The molecule has 0 bridgehead atoms. The smallest absolute Gasteiger partial charge is 0.278 e. The monoisotopic (exact) mass is 410 g/mol. The molecule has 1 aromatic carbocycles. The van der Waals surface area contributed by atoms with Crippen LogP contribution in [0.3, 0.4) is 0 Å². The predicted molar refractivity (Wildman–Crippen MR) is 108 cm³/mol. The summed E-state index contributed by atoms with van der Waals surface area (Å²) in [6.45, 7) is 4.87. The topological polar surface area (TPSA) is 95.5 Å². The van der Waals surface area contributed by atoms with E-state index in [2.05, 4.69) is 25.6 Å². The number of rotatable bonds is 6. The fourth-order valence-electron chi connectivity index (χ4n) is 2.89. The molecule has 0 aliphatic carbocycles. The Morgan fingerprint density at radius 2 is 1.86 bits per heavy atom. The second-order valence-electron chi connectivity index (χ2n) is 6.65. The van der Waals surface area contributed by atoms with Crippen LogP contribution in [0, 0.1) is 13.8 Å². The summed E-state index contributed by atoms with van der Waals surface area (Å²) in [7, 11) is 0. The van der Waals surface area contributed by atoms with E-state index in [0.29, 0.717) is 18.2 Å². The molecule has 9 nitrogen and oxygen atoms in total. The van der Waals surface area contributed by atoms with E-state index in [4.69, 9.17) is 11.6 Å². The molecule has 0 spiro atoms. The average molecular weight is 411 g/mol. The number of aryl methyl sites for hydroxylation is 2. The van der Waals surface area contributed by atoms with Crippen LogP contribution >= 0.6 is 11.6 Å². The maximum absolute atomic E-state index is 12.4. The minimum Gasteiger partial charge on any atom is -0.288 e. The van der Waals surface area contributed by atoms with Crippen molar-refractivity contribution in [3.63, 3.8) is 0 Å². The first-order valence-corrected chi connectivity index (χ1v) is 9.34. The zero-order valence-corrected chi connectivity index (χ0v) is 16.7. The number of amides is 1. The van der Waals surface area contributed by atoms with Gasteiger partial charge in [0.05, 0.1) is 12.2 Å². The summed E-state index contributed by atoms with van der Waals surface area (Å²) in [5, 5.41) is 16.3. The van der Waals surface area contributed by atoms with Gasteiger partial charge in [-0.2, -0.15) is 10.2 Å². The van der Waals surface area contributed by atoms with Crippen LogP contribution in [0.5, 0.6) is 0 Å². The van der Waals surface area contributed by atoms with Crippen LogP contribution in [0.15, 0.2) is 48.9 Å². The van der Waals surface area contributed by atoms with Crippen LogP contribution in [0.25, 0.3) is 0 Å². The van der Waals surface area contributed by atoms with Gasteiger partial charge in [-0.25, -0.2) is 14.3 Å². The number of benzene rings is 1. The standard InChI is InChI=1S/C19H19ClN8O/c1-13-9-14(2)28(23-13)12-26-8-7-17(24-26)18(29)22-19-21-11-27(25-19)10-15-3-5-16(20)6-4-15/h3-9,11H,10,12H2,1-2H3,(H,22,25,29). The molecule has 10 heteroatoms. The van der Waals surface area contributed by atoms with Gasteiger partial charge in [-0.15, -0.1) is 5.10 Å². The lowest BCUT2D eigenvalue weighted by molar-refractivity contribution is 0.102. The molecule has 3 aromatic heterocycles. The van der Waals surface area contributed by atoms with Crippen LogP contribution in [-0.4, -0.2) is 40.2 Å². The van der Waals surface area contributed by atoms with Crippen molar-refractivity contribution in [3.05, 3.63) is 76.6 Å². The Morgan fingerprint density at radius 1 is 1.07 bits per heavy atom. The van der Waals surface area contributed by atoms with Crippen molar-refractivity contribution in [1.29, 1.82) is 0 Å². The summed E-state index contributed by atoms with van der Waals surface area (Å²) in [5.74, 6) is -0.154. The number of halogens is 1. The van der Waals surface area contributed by atoms with Crippen LogP contribution in [0.2, 0.25) is 5.02 Å². The van der Waals surface area contributed by atoms with E-state index in [9.17, 15) is 4.79 Å². The fourth-order valence-corrected chi connectivity index (χ4v) is 3.01. The Labute approximate surface area is 171 Å². The molecule has 3 heterocycles. The van der Waals surface area contributed by atoms with Crippen molar-refractivity contribution in [1.82, 2.24) is 34.3 Å². The maximum Gasteiger partial charge on any atom is 0.278 e. The Hall–Kier alpha value is -3.46. The fraction of sp³-hybridized carbons (Fsp3) is 0.211. The van der Waals surface area contributed by atoms with Crippen LogP contribution in [0.4, 0.5) is 5.95 Å². The lowest BCUT2D eigenvalue weighted by atomic mass is 10.2. The molecule has 4 aromatic rings. The van der Waals surface area contributed by atoms with E-state index in [0.717, 1.165) is 17.0 Å². The number of carbonyl (C=O) groups excluding carboxylic acids is 1. The van der Waals surface area contributed by atoms with Crippen LogP contribution < -0.4 is 5.32 Å². The molecule has 0 aliphatic rings. The van der Waals surface area contributed by atoms with Gasteiger partial charge in [-0.3, -0.25) is 14.8 Å². The molecule has 0 unspecified atom stereocenters. The SMILES string of the molecule is Cc1cc(C)n(Cn2ccc(C(=O)Nc3ncn(Cc4ccc(Cl)cc4)n3)n2)n1. The van der Waals surface area contributed by atoms with E-state index in [-0.39, 0.29) is 17.5 Å². The van der Waals surface area contributed by atoms with Gasteiger partial charge in [0.1, 0.15) is 13.0 Å². The molecule has 0 saturated heterocycles. The molecular formula is C19H19ClN8O. The summed E-state index contributed by atoms with van der Waals surface area (Å²) in [5.41, 5.74) is 3.27. The van der Waals surface area contributed by atoms with E-state index in [1.165, 1.54) is 0 Å². The third-order valence-corrected chi connectivity index (χ3v) is 4.53. The van der Waals surface area contributed by atoms with Crippen LogP contribution in [0.1, 0.15) is 27.4 Å². The zero-order valence-electron chi connectivity index (χ0n) is 15.9. The van der Waals surface area contributed by atoms with Crippen molar-refractivity contribution < 1.29 is 4.79 Å². The number of hydrogen-bond acceptors (Lipinski definition) is 5. The zero-order chi connectivity index (χ0) is 20.4. The summed E-state index contributed by atoms with van der Waals surface area (Å²) in [6.07, 6.45) is 3.30. The van der Waals surface area contributed by atoms with Gasteiger partial charge in [0, 0.05) is 16.9 Å². The highest BCUT2D eigenvalue weighted by atomic mass is 35.5. The quantitative estimate of drug-likeness (QED) is 0.527. The summed E-state index contributed by atoms with van der Waals surface area (Å²) in [6, 6.07) is 11.1. The number of carbonyl (C=O) groups is 1. The molecule has 0 atom stereocenters. The molecule has 1 N–H and O–H groups in total. The number of nitrogens with zero attached hydrogens (tertiary/aromatic N) is 7. The second-order valence-corrected chi connectivity index (χ2v) is 7.09. The molecule has 1 amide bonds. The van der Waals surface area contributed by atoms with Crippen molar-refractivity contribution in [3.8, 4) is 0 Å². The van der Waals surface area contributed by atoms with Crippen molar-refractivity contribution in [2.75, 3.05) is 5.32 Å². The largest absolute Gasteiger partial charge is 0.288 e. The first-order chi connectivity index (χ1) is 14.0. The normalized spacial score (nSPS) is 11.0. The molecular weight excluding hydrogens is 392 g/mol. The van der Waals surface area contributed by atoms with Gasteiger partial charge < -0.3 is 0 Å². The first kappa shape index (κ1) is 18.9. The predicted octanol–water partition coefficient (Wildman–Crippen LogP) is 2.75. The Kier molecular flexibility index (Phi) is 5.13. The van der Waals surface area contributed by atoms with E-state index >= 15 is 0 Å².